The molecule has 0 saturated heterocycles. The number of aromatic nitrogens is 1. The van der Waals surface area contributed by atoms with E-state index in [0.29, 0.717) is 11.1 Å². The number of nitrogens with zero attached hydrogens (tertiary/aromatic N) is 1. The monoisotopic (exact) mass is 364 g/mol. The number of aromatic amines is 1. The number of Topliss-reactive ketones (excluding diaryl/α,β-unsaturated/α-hetero) is 1. The molecule has 1 heterocycles. The zero-order valence-electron chi connectivity index (χ0n) is 14.5. The Bertz CT molecular complexity index is 1050. The molecule has 3 aromatic rings. The van der Waals surface area contributed by atoms with Crippen LogP contribution in [0.5, 0.6) is 0 Å². The molecule has 0 atom stereocenters. The maximum atomic E-state index is 12.4. The standard InChI is InChI=1S/C20H16N2O5/c1-13-20(16-4-2-3-5-17(16)21-13)18(23)12-27-19(24)11-8-14-6-9-15(10-7-14)22(25)26/h2-11,21H,12H2,1H3. The Hall–Kier alpha value is -3.74. The molecule has 27 heavy (non-hydrogen) atoms. The molecule has 0 spiro atoms. The Morgan fingerprint density at radius 3 is 2.56 bits per heavy atom. The van der Waals surface area contributed by atoms with Crippen molar-refractivity contribution >= 4 is 34.4 Å². The lowest BCUT2D eigenvalue weighted by Gasteiger charge is -2.02. The number of rotatable bonds is 6. The van der Waals surface area contributed by atoms with E-state index in [0.717, 1.165) is 16.6 Å². The predicted octanol–water partition coefficient (Wildman–Crippen LogP) is 3.82. The number of ketones is 1. The summed E-state index contributed by atoms with van der Waals surface area (Å²) >= 11 is 0. The van der Waals surface area contributed by atoms with E-state index in [2.05, 4.69) is 4.98 Å². The number of ether oxygens (including phenoxy) is 1. The molecule has 3 rings (SSSR count). The van der Waals surface area contributed by atoms with Crippen molar-refractivity contribution in [3.8, 4) is 0 Å². The minimum Gasteiger partial charge on any atom is -0.454 e. The number of nitrogens with one attached hydrogen (secondary N) is 1. The number of carbonyl (C=O) groups is 2. The number of nitro groups is 1. The van der Waals surface area contributed by atoms with Crippen LogP contribution in [0.3, 0.4) is 0 Å². The van der Waals surface area contributed by atoms with Crippen LogP contribution in [-0.4, -0.2) is 28.3 Å². The van der Waals surface area contributed by atoms with Crippen LogP contribution >= 0.6 is 0 Å². The predicted molar refractivity (Wildman–Crippen MR) is 100 cm³/mol. The molecule has 0 fully saturated rings. The maximum absolute atomic E-state index is 12.4. The Morgan fingerprint density at radius 2 is 1.85 bits per heavy atom. The molecular formula is C20H16N2O5. The molecule has 1 N–H and O–H groups in total. The third kappa shape index (κ3) is 4.09. The molecule has 136 valence electrons. The van der Waals surface area contributed by atoms with Gasteiger partial charge in [0, 0.05) is 40.4 Å². The Balaban J connectivity index is 1.62. The number of esters is 1. The number of hydrogen-bond donors (Lipinski definition) is 1. The fraction of sp³-hybridized carbons (Fsp3) is 0.100. The summed E-state index contributed by atoms with van der Waals surface area (Å²) in [7, 11) is 0. The van der Waals surface area contributed by atoms with E-state index in [9.17, 15) is 19.7 Å². The number of H-pyrrole nitrogens is 1. The molecule has 0 amide bonds. The van der Waals surface area contributed by atoms with E-state index in [1.54, 1.807) is 6.92 Å². The molecular weight excluding hydrogens is 348 g/mol. The number of para-hydroxylation sites is 1. The quantitative estimate of drug-likeness (QED) is 0.235. The van der Waals surface area contributed by atoms with E-state index in [4.69, 9.17) is 4.74 Å². The summed E-state index contributed by atoms with van der Waals surface area (Å²) < 4.78 is 5.02. The van der Waals surface area contributed by atoms with Gasteiger partial charge in [-0.05, 0) is 36.8 Å². The lowest BCUT2D eigenvalue weighted by molar-refractivity contribution is -0.384. The van der Waals surface area contributed by atoms with Gasteiger partial charge in [-0.1, -0.05) is 18.2 Å². The summed E-state index contributed by atoms with van der Waals surface area (Å²) in [6.07, 6.45) is 2.64. The molecule has 2 aromatic carbocycles. The van der Waals surface area contributed by atoms with Gasteiger partial charge in [-0.3, -0.25) is 14.9 Å². The second-order valence-electron chi connectivity index (χ2n) is 5.88. The summed E-state index contributed by atoms with van der Waals surface area (Å²) in [6.45, 7) is 1.43. The third-order valence-electron chi connectivity index (χ3n) is 4.03. The molecule has 0 saturated carbocycles. The number of carbonyl (C=O) groups excluding carboxylic acids is 2. The fourth-order valence-corrected chi connectivity index (χ4v) is 2.76. The number of nitro benzene ring substituents is 1. The zero-order chi connectivity index (χ0) is 19.4. The molecule has 0 aliphatic carbocycles. The first-order chi connectivity index (χ1) is 13.0. The van der Waals surface area contributed by atoms with Crippen molar-refractivity contribution in [3.05, 3.63) is 81.5 Å². The van der Waals surface area contributed by atoms with Crippen LogP contribution in [0.25, 0.3) is 17.0 Å². The minimum atomic E-state index is -0.667. The molecule has 0 radical (unpaired) electrons. The van der Waals surface area contributed by atoms with E-state index in [1.165, 1.54) is 36.4 Å². The normalized spacial score (nSPS) is 11.0. The van der Waals surface area contributed by atoms with E-state index >= 15 is 0 Å². The Morgan fingerprint density at radius 1 is 1.15 bits per heavy atom. The van der Waals surface area contributed by atoms with E-state index < -0.39 is 10.9 Å². The highest BCUT2D eigenvalue weighted by Crippen LogP contribution is 2.22. The highest BCUT2D eigenvalue weighted by molar-refractivity contribution is 6.10. The van der Waals surface area contributed by atoms with Crippen LogP contribution < -0.4 is 0 Å². The van der Waals surface area contributed by atoms with Gasteiger partial charge in [-0.15, -0.1) is 0 Å². The number of hydrogen-bond acceptors (Lipinski definition) is 5. The van der Waals surface area contributed by atoms with Gasteiger partial charge in [0.1, 0.15) is 0 Å². The molecule has 0 bridgehead atoms. The van der Waals surface area contributed by atoms with Gasteiger partial charge < -0.3 is 9.72 Å². The minimum absolute atomic E-state index is 0.0329. The fourth-order valence-electron chi connectivity index (χ4n) is 2.76. The van der Waals surface area contributed by atoms with Crippen molar-refractivity contribution in [1.82, 2.24) is 4.98 Å². The molecule has 0 unspecified atom stereocenters. The largest absolute Gasteiger partial charge is 0.454 e. The molecule has 0 aliphatic rings. The van der Waals surface area contributed by atoms with Crippen LogP contribution in [0, 0.1) is 17.0 Å². The van der Waals surface area contributed by atoms with Crippen molar-refractivity contribution in [3.63, 3.8) is 0 Å². The smallest absolute Gasteiger partial charge is 0.331 e. The Kier molecular flexibility index (Phi) is 5.12. The first-order valence-electron chi connectivity index (χ1n) is 8.15. The highest BCUT2D eigenvalue weighted by Gasteiger charge is 2.16. The number of aryl methyl sites for hydroxylation is 1. The van der Waals surface area contributed by atoms with Gasteiger partial charge in [-0.2, -0.15) is 0 Å². The van der Waals surface area contributed by atoms with Crippen LogP contribution in [0.15, 0.2) is 54.6 Å². The molecule has 1 aromatic heterocycles. The van der Waals surface area contributed by atoms with Gasteiger partial charge >= 0.3 is 5.97 Å². The first-order valence-corrected chi connectivity index (χ1v) is 8.15. The van der Waals surface area contributed by atoms with Crippen LogP contribution in [0.1, 0.15) is 21.6 Å². The SMILES string of the molecule is Cc1[nH]c2ccccc2c1C(=O)COC(=O)C=Cc1ccc([N+](=O)[O-])cc1. The van der Waals surface area contributed by atoms with Crippen molar-refractivity contribution in [2.24, 2.45) is 0 Å². The zero-order valence-corrected chi connectivity index (χ0v) is 14.5. The summed E-state index contributed by atoms with van der Waals surface area (Å²) in [4.78, 5) is 37.5. The summed E-state index contributed by atoms with van der Waals surface area (Å²) in [5, 5.41) is 11.4. The third-order valence-corrected chi connectivity index (χ3v) is 4.03. The average Bonchev–Trinajstić information content (AvgIpc) is 3.00. The summed E-state index contributed by atoms with van der Waals surface area (Å²) in [5.74, 6) is -0.957. The number of benzene rings is 2. The van der Waals surface area contributed by atoms with Crippen LogP contribution in [-0.2, 0) is 9.53 Å². The van der Waals surface area contributed by atoms with Gasteiger partial charge in [0.25, 0.3) is 5.69 Å². The molecule has 7 nitrogen and oxygen atoms in total. The van der Waals surface area contributed by atoms with E-state index in [-0.39, 0.29) is 18.1 Å². The van der Waals surface area contributed by atoms with Crippen molar-refractivity contribution in [2.45, 2.75) is 6.92 Å². The lowest BCUT2D eigenvalue weighted by Crippen LogP contribution is -2.13. The number of non-ortho nitro benzene ring substituents is 1. The second kappa shape index (κ2) is 7.65. The topological polar surface area (TPSA) is 102 Å². The van der Waals surface area contributed by atoms with Crippen molar-refractivity contribution in [2.75, 3.05) is 6.61 Å². The van der Waals surface area contributed by atoms with Gasteiger partial charge in [0.05, 0.1) is 4.92 Å². The number of fused-ring (bicyclic) bond motifs is 1. The van der Waals surface area contributed by atoms with Crippen molar-refractivity contribution in [1.29, 1.82) is 0 Å². The van der Waals surface area contributed by atoms with Gasteiger partial charge in [0.15, 0.2) is 6.61 Å². The van der Waals surface area contributed by atoms with Gasteiger partial charge in [0.2, 0.25) is 5.78 Å². The summed E-state index contributed by atoms with van der Waals surface area (Å²) in [5.41, 5.74) is 2.66. The van der Waals surface area contributed by atoms with Crippen LogP contribution in [0.2, 0.25) is 0 Å². The lowest BCUT2D eigenvalue weighted by atomic mass is 10.1. The van der Waals surface area contributed by atoms with Crippen LogP contribution in [0.4, 0.5) is 5.69 Å². The Labute approximate surface area is 154 Å². The average molecular weight is 364 g/mol. The van der Waals surface area contributed by atoms with Gasteiger partial charge in [-0.25, -0.2) is 4.79 Å². The summed E-state index contributed by atoms with van der Waals surface area (Å²) in [6, 6.07) is 13.1. The maximum Gasteiger partial charge on any atom is 0.331 e. The first kappa shape index (κ1) is 18.1. The second-order valence-corrected chi connectivity index (χ2v) is 5.88. The van der Waals surface area contributed by atoms with E-state index in [1.807, 2.05) is 24.3 Å². The highest BCUT2D eigenvalue weighted by atomic mass is 16.6. The molecule has 0 aliphatic heterocycles. The molecule has 7 heteroatoms. The van der Waals surface area contributed by atoms with Crippen molar-refractivity contribution < 1.29 is 19.2 Å².